The second-order valence-corrected chi connectivity index (χ2v) is 5.65. The van der Waals surface area contributed by atoms with Gasteiger partial charge in [-0.2, -0.15) is 5.10 Å². The van der Waals surface area contributed by atoms with Gasteiger partial charge in [0.15, 0.2) is 0 Å². The number of nitrogens with zero attached hydrogens (tertiary/aromatic N) is 1. The maximum absolute atomic E-state index is 12.0. The zero-order valence-electron chi connectivity index (χ0n) is 12.5. The molecule has 0 bridgehead atoms. The van der Waals surface area contributed by atoms with E-state index in [-0.39, 0.29) is 11.8 Å². The first-order valence-corrected chi connectivity index (χ1v) is 7.86. The van der Waals surface area contributed by atoms with Gasteiger partial charge in [-0.1, -0.05) is 35.0 Å². The van der Waals surface area contributed by atoms with Crippen LogP contribution >= 0.6 is 15.9 Å². The molecule has 6 heteroatoms. The van der Waals surface area contributed by atoms with Crippen molar-refractivity contribution in [2.45, 2.75) is 13.3 Å². The first kappa shape index (κ1) is 16.9. The molecule has 118 valence electrons. The van der Waals surface area contributed by atoms with E-state index in [1.807, 2.05) is 24.3 Å². The SMILES string of the molecule is CCC(=O)Nc1ccc(C(=O)N/N=C\c2ccc(Br)cc2)cc1. The molecule has 0 radical (unpaired) electrons. The van der Waals surface area contributed by atoms with Crippen LogP contribution in [0.3, 0.4) is 0 Å². The third-order valence-corrected chi connectivity index (χ3v) is 3.53. The standard InChI is InChI=1S/C17H16BrN3O2/c1-2-16(22)20-15-9-5-13(6-10-15)17(23)21-19-11-12-3-7-14(18)8-4-12/h3-11H,2H2,1H3,(H,20,22)(H,21,23)/b19-11-. The largest absolute Gasteiger partial charge is 0.326 e. The molecule has 0 unspecified atom stereocenters. The molecule has 5 nitrogen and oxygen atoms in total. The summed E-state index contributed by atoms with van der Waals surface area (Å²) in [6.45, 7) is 1.78. The Morgan fingerprint density at radius 1 is 1.09 bits per heavy atom. The smallest absolute Gasteiger partial charge is 0.271 e. The van der Waals surface area contributed by atoms with Crippen LogP contribution in [0.2, 0.25) is 0 Å². The molecule has 0 heterocycles. The molecule has 2 N–H and O–H groups in total. The van der Waals surface area contributed by atoms with Crippen molar-refractivity contribution >= 4 is 39.6 Å². The van der Waals surface area contributed by atoms with Gasteiger partial charge < -0.3 is 5.32 Å². The van der Waals surface area contributed by atoms with Gasteiger partial charge in [-0.25, -0.2) is 5.43 Å². The van der Waals surface area contributed by atoms with Crippen LogP contribution in [0, 0.1) is 0 Å². The Hall–Kier alpha value is -2.47. The van der Waals surface area contributed by atoms with Gasteiger partial charge in [-0.05, 0) is 42.0 Å². The first-order chi connectivity index (χ1) is 11.1. The molecule has 0 atom stereocenters. The topological polar surface area (TPSA) is 70.6 Å². The van der Waals surface area contributed by atoms with Crippen molar-refractivity contribution in [2.75, 3.05) is 5.32 Å². The molecule has 0 aliphatic heterocycles. The van der Waals surface area contributed by atoms with E-state index < -0.39 is 0 Å². The molecule has 0 spiro atoms. The minimum atomic E-state index is -0.313. The molecule has 0 aliphatic rings. The lowest BCUT2D eigenvalue weighted by Gasteiger charge is -2.04. The Kier molecular flexibility index (Phi) is 6.05. The Morgan fingerprint density at radius 2 is 1.74 bits per heavy atom. The number of hydrogen-bond acceptors (Lipinski definition) is 3. The minimum absolute atomic E-state index is 0.0682. The predicted octanol–water partition coefficient (Wildman–Crippen LogP) is 3.56. The van der Waals surface area contributed by atoms with Crippen LogP contribution in [0.5, 0.6) is 0 Å². The van der Waals surface area contributed by atoms with Gasteiger partial charge in [0.05, 0.1) is 6.21 Å². The van der Waals surface area contributed by atoms with Gasteiger partial charge in [0.2, 0.25) is 5.91 Å². The zero-order valence-corrected chi connectivity index (χ0v) is 14.1. The molecule has 0 aromatic heterocycles. The molecule has 0 aliphatic carbocycles. The second-order valence-electron chi connectivity index (χ2n) is 4.73. The van der Waals surface area contributed by atoms with Gasteiger partial charge in [-0.3, -0.25) is 9.59 Å². The normalized spacial score (nSPS) is 10.5. The van der Waals surface area contributed by atoms with Crippen LogP contribution in [0.1, 0.15) is 29.3 Å². The Morgan fingerprint density at radius 3 is 2.35 bits per heavy atom. The predicted molar refractivity (Wildman–Crippen MR) is 94.6 cm³/mol. The molecular formula is C17H16BrN3O2. The van der Waals surface area contributed by atoms with Crippen molar-refractivity contribution in [3.05, 3.63) is 64.1 Å². The molecular weight excluding hydrogens is 358 g/mol. The molecule has 2 aromatic rings. The lowest BCUT2D eigenvalue weighted by atomic mass is 10.2. The summed E-state index contributed by atoms with van der Waals surface area (Å²) < 4.78 is 0.980. The van der Waals surface area contributed by atoms with Crippen LogP contribution in [0.4, 0.5) is 5.69 Å². The summed E-state index contributed by atoms with van der Waals surface area (Å²) in [5.74, 6) is -0.381. The number of rotatable bonds is 5. The van der Waals surface area contributed by atoms with Gasteiger partial charge in [0, 0.05) is 22.1 Å². The Bertz CT molecular complexity index is 710. The fourth-order valence-corrected chi connectivity index (χ4v) is 2.00. The van der Waals surface area contributed by atoms with Crippen LogP contribution in [-0.2, 0) is 4.79 Å². The van der Waals surface area contributed by atoms with Crippen molar-refractivity contribution in [3.8, 4) is 0 Å². The van der Waals surface area contributed by atoms with E-state index in [1.54, 1.807) is 37.4 Å². The molecule has 2 aromatic carbocycles. The monoisotopic (exact) mass is 373 g/mol. The van der Waals surface area contributed by atoms with Crippen molar-refractivity contribution in [1.29, 1.82) is 0 Å². The number of benzene rings is 2. The van der Waals surface area contributed by atoms with Crippen molar-refractivity contribution in [3.63, 3.8) is 0 Å². The molecule has 2 amide bonds. The Balaban J connectivity index is 1.92. The lowest BCUT2D eigenvalue weighted by Crippen LogP contribution is -2.17. The molecule has 23 heavy (non-hydrogen) atoms. The number of hydrogen-bond donors (Lipinski definition) is 2. The average molecular weight is 374 g/mol. The number of carbonyl (C=O) groups is 2. The van der Waals surface area contributed by atoms with Crippen LogP contribution in [-0.4, -0.2) is 18.0 Å². The minimum Gasteiger partial charge on any atom is -0.326 e. The summed E-state index contributed by atoms with van der Waals surface area (Å²) in [6.07, 6.45) is 1.98. The third kappa shape index (κ3) is 5.34. The van der Waals surface area contributed by atoms with E-state index in [4.69, 9.17) is 0 Å². The molecule has 2 rings (SSSR count). The summed E-state index contributed by atoms with van der Waals surface area (Å²) in [5, 5.41) is 6.64. The number of carbonyl (C=O) groups excluding carboxylic acids is 2. The number of hydrazone groups is 1. The number of nitrogens with one attached hydrogen (secondary N) is 2. The first-order valence-electron chi connectivity index (χ1n) is 7.07. The van der Waals surface area contributed by atoms with Crippen molar-refractivity contribution < 1.29 is 9.59 Å². The zero-order chi connectivity index (χ0) is 16.7. The summed E-state index contributed by atoms with van der Waals surface area (Å²) >= 11 is 3.35. The van der Waals surface area contributed by atoms with Gasteiger partial charge in [0.1, 0.15) is 0 Å². The lowest BCUT2D eigenvalue weighted by molar-refractivity contribution is -0.115. The third-order valence-electron chi connectivity index (χ3n) is 3.00. The van der Waals surface area contributed by atoms with Crippen LogP contribution in [0.15, 0.2) is 58.1 Å². The summed E-state index contributed by atoms with van der Waals surface area (Å²) in [7, 11) is 0. The van der Waals surface area contributed by atoms with Gasteiger partial charge >= 0.3 is 0 Å². The number of anilines is 1. The molecule has 0 fully saturated rings. The molecule has 0 saturated heterocycles. The van der Waals surface area contributed by atoms with Crippen molar-refractivity contribution in [1.82, 2.24) is 5.43 Å². The fraction of sp³-hybridized carbons (Fsp3) is 0.118. The van der Waals surface area contributed by atoms with E-state index in [0.29, 0.717) is 17.7 Å². The van der Waals surface area contributed by atoms with Crippen LogP contribution in [0.25, 0.3) is 0 Å². The van der Waals surface area contributed by atoms with E-state index in [9.17, 15) is 9.59 Å². The number of halogens is 1. The quantitative estimate of drug-likeness (QED) is 0.621. The maximum Gasteiger partial charge on any atom is 0.271 e. The Labute approximate surface area is 142 Å². The summed E-state index contributed by atoms with van der Waals surface area (Å²) in [4.78, 5) is 23.2. The van der Waals surface area contributed by atoms with E-state index >= 15 is 0 Å². The van der Waals surface area contributed by atoms with Gasteiger partial charge in [-0.15, -0.1) is 0 Å². The number of amides is 2. The second kappa shape index (κ2) is 8.24. The maximum atomic E-state index is 12.0. The van der Waals surface area contributed by atoms with Crippen LogP contribution < -0.4 is 10.7 Å². The average Bonchev–Trinajstić information content (AvgIpc) is 2.57. The highest BCUT2D eigenvalue weighted by Gasteiger charge is 2.05. The van der Waals surface area contributed by atoms with Crippen molar-refractivity contribution in [2.24, 2.45) is 5.10 Å². The van der Waals surface area contributed by atoms with E-state index in [2.05, 4.69) is 31.8 Å². The highest BCUT2D eigenvalue weighted by atomic mass is 79.9. The highest BCUT2D eigenvalue weighted by Crippen LogP contribution is 2.10. The fourth-order valence-electron chi connectivity index (χ4n) is 1.73. The summed E-state index contributed by atoms with van der Waals surface area (Å²) in [5.41, 5.74) is 4.47. The van der Waals surface area contributed by atoms with E-state index in [1.165, 1.54) is 0 Å². The van der Waals surface area contributed by atoms with E-state index in [0.717, 1.165) is 10.0 Å². The van der Waals surface area contributed by atoms with Gasteiger partial charge in [0.25, 0.3) is 5.91 Å². The molecule has 0 saturated carbocycles. The highest BCUT2D eigenvalue weighted by molar-refractivity contribution is 9.10. The summed E-state index contributed by atoms with van der Waals surface area (Å²) in [6, 6.07) is 14.2.